The highest BCUT2D eigenvalue weighted by Gasteiger charge is 2.13. The molecule has 2 aromatic rings. The second kappa shape index (κ2) is 5.14. The van der Waals surface area contributed by atoms with Gasteiger partial charge in [0.25, 0.3) is 0 Å². The predicted octanol–water partition coefficient (Wildman–Crippen LogP) is 3.61. The Labute approximate surface area is 110 Å². The molecule has 5 heteroatoms. The van der Waals surface area contributed by atoms with Crippen molar-refractivity contribution in [1.82, 2.24) is 0 Å². The summed E-state index contributed by atoms with van der Waals surface area (Å²) >= 11 is 0. The molecular formula is C14H14F2N2O. The molecule has 19 heavy (non-hydrogen) atoms. The number of rotatable bonds is 3. The number of ether oxygens (including phenoxy) is 1. The zero-order valence-electron chi connectivity index (χ0n) is 10.6. The molecule has 0 saturated heterocycles. The number of methoxy groups -OCH3 is 1. The summed E-state index contributed by atoms with van der Waals surface area (Å²) in [5, 5.41) is 2.81. The van der Waals surface area contributed by atoms with Gasteiger partial charge in [0, 0.05) is 5.69 Å². The number of nitrogens with one attached hydrogen (secondary N) is 1. The van der Waals surface area contributed by atoms with Crippen molar-refractivity contribution in [2.24, 2.45) is 0 Å². The molecule has 0 fully saturated rings. The third kappa shape index (κ3) is 2.59. The van der Waals surface area contributed by atoms with Crippen LogP contribution in [0.15, 0.2) is 30.3 Å². The number of nitrogens with two attached hydrogens (primary N) is 1. The number of hydrogen-bond acceptors (Lipinski definition) is 3. The molecule has 2 rings (SSSR count). The first-order chi connectivity index (χ1) is 9.02. The van der Waals surface area contributed by atoms with Crippen LogP contribution in [0.3, 0.4) is 0 Å². The molecular weight excluding hydrogens is 250 g/mol. The Kier molecular flexibility index (Phi) is 3.55. The van der Waals surface area contributed by atoms with E-state index in [9.17, 15) is 8.78 Å². The van der Waals surface area contributed by atoms with Crippen molar-refractivity contribution in [2.45, 2.75) is 6.92 Å². The van der Waals surface area contributed by atoms with Gasteiger partial charge in [0.15, 0.2) is 11.6 Å². The van der Waals surface area contributed by atoms with Crippen LogP contribution in [-0.2, 0) is 0 Å². The first-order valence-corrected chi connectivity index (χ1v) is 5.68. The predicted molar refractivity (Wildman–Crippen MR) is 71.8 cm³/mol. The normalized spacial score (nSPS) is 10.3. The Bertz CT molecular complexity index is 615. The molecule has 0 atom stereocenters. The van der Waals surface area contributed by atoms with Crippen LogP contribution in [0, 0.1) is 18.6 Å². The van der Waals surface area contributed by atoms with Gasteiger partial charge in [0.1, 0.15) is 11.4 Å². The average molecular weight is 264 g/mol. The molecule has 0 bridgehead atoms. The Hall–Kier alpha value is -2.30. The number of anilines is 3. The van der Waals surface area contributed by atoms with E-state index >= 15 is 0 Å². The van der Waals surface area contributed by atoms with Gasteiger partial charge in [0.05, 0.1) is 12.8 Å². The van der Waals surface area contributed by atoms with Crippen molar-refractivity contribution < 1.29 is 13.5 Å². The highest BCUT2D eigenvalue weighted by atomic mass is 19.2. The van der Waals surface area contributed by atoms with Gasteiger partial charge in [-0.15, -0.1) is 0 Å². The van der Waals surface area contributed by atoms with Crippen LogP contribution in [0.4, 0.5) is 25.8 Å². The number of nitrogen functional groups attached to an aromatic ring is 1. The van der Waals surface area contributed by atoms with Crippen molar-refractivity contribution in [2.75, 3.05) is 18.2 Å². The minimum absolute atomic E-state index is 0.0618. The lowest BCUT2D eigenvalue weighted by atomic mass is 10.1. The monoisotopic (exact) mass is 264 g/mol. The molecule has 0 heterocycles. The quantitative estimate of drug-likeness (QED) is 0.832. The van der Waals surface area contributed by atoms with Crippen molar-refractivity contribution in [3.05, 3.63) is 47.5 Å². The first kappa shape index (κ1) is 13.1. The van der Waals surface area contributed by atoms with Crippen molar-refractivity contribution in [3.63, 3.8) is 0 Å². The van der Waals surface area contributed by atoms with E-state index in [1.807, 2.05) is 6.92 Å². The van der Waals surface area contributed by atoms with Crippen molar-refractivity contribution in [1.29, 1.82) is 0 Å². The van der Waals surface area contributed by atoms with Crippen LogP contribution in [0.1, 0.15) is 5.56 Å². The topological polar surface area (TPSA) is 47.3 Å². The fraction of sp³-hybridized carbons (Fsp3) is 0.143. The van der Waals surface area contributed by atoms with Crippen LogP contribution >= 0.6 is 0 Å². The van der Waals surface area contributed by atoms with Crippen LogP contribution in [-0.4, -0.2) is 7.11 Å². The highest BCUT2D eigenvalue weighted by molar-refractivity contribution is 5.74. The lowest BCUT2D eigenvalue weighted by Crippen LogP contribution is -2.02. The lowest BCUT2D eigenvalue weighted by Gasteiger charge is -2.13. The molecule has 100 valence electrons. The third-order valence-corrected chi connectivity index (χ3v) is 2.82. The molecule has 0 saturated carbocycles. The van der Waals surface area contributed by atoms with Gasteiger partial charge in [0.2, 0.25) is 0 Å². The summed E-state index contributed by atoms with van der Waals surface area (Å²) in [6, 6.07) is 7.55. The van der Waals surface area contributed by atoms with Crippen LogP contribution in [0.2, 0.25) is 0 Å². The fourth-order valence-electron chi connectivity index (χ4n) is 1.73. The minimum atomic E-state index is -0.991. The highest BCUT2D eigenvalue weighted by Crippen LogP contribution is 2.30. The Morgan fingerprint density at radius 1 is 1.16 bits per heavy atom. The molecule has 3 nitrogen and oxygen atoms in total. The number of halogens is 2. The second-order valence-corrected chi connectivity index (χ2v) is 4.13. The molecule has 0 radical (unpaired) electrons. The summed E-state index contributed by atoms with van der Waals surface area (Å²) in [7, 11) is 1.56. The number of benzene rings is 2. The number of aryl methyl sites for hydroxylation is 1. The fourth-order valence-corrected chi connectivity index (χ4v) is 1.73. The average Bonchev–Trinajstić information content (AvgIpc) is 2.40. The van der Waals surface area contributed by atoms with E-state index in [1.165, 1.54) is 6.07 Å². The maximum Gasteiger partial charge on any atom is 0.184 e. The van der Waals surface area contributed by atoms with Gasteiger partial charge in [-0.3, -0.25) is 0 Å². The van der Waals surface area contributed by atoms with E-state index in [2.05, 4.69) is 5.32 Å². The van der Waals surface area contributed by atoms with Gasteiger partial charge in [-0.05, 0) is 42.8 Å². The molecule has 0 aliphatic carbocycles. The molecule has 2 aromatic carbocycles. The third-order valence-electron chi connectivity index (χ3n) is 2.82. The van der Waals surface area contributed by atoms with Crippen molar-refractivity contribution in [3.8, 4) is 5.75 Å². The molecule has 0 unspecified atom stereocenters. The van der Waals surface area contributed by atoms with Crippen molar-refractivity contribution >= 4 is 17.1 Å². The lowest BCUT2D eigenvalue weighted by molar-refractivity contribution is 0.414. The largest absolute Gasteiger partial charge is 0.497 e. The van der Waals surface area contributed by atoms with Crippen LogP contribution in [0.5, 0.6) is 5.75 Å². The van der Waals surface area contributed by atoms with Gasteiger partial charge in [-0.25, -0.2) is 8.78 Å². The van der Waals surface area contributed by atoms with Crippen LogP contribution < -0.4 is 15.8 Å². The van der Waals surface area contributed by atoms with Gasteiger partial charge < -0.3 is 15.8 Å². The Balaban J connectivity index is 2.39. The van der Waals surface area contributed by atoms with E-state index < -0.39 is 11.6 Å². The molecule has 0 aliphatic rings. The smallest absolute Gasteiger partial charge is 0.184 e. The molecule has 0 aliphatic heterocycles. The molecule has 0 spiro atoms. The van der Waals surface area contributed by atoms with Crippen LogP contribution in [0.25, 0.3) is 0 Å². The Morgan fingerprint density at radius 3 is 2.53 bits per heavy atom. The van der Waals surface area contributed by atoms with E-state index in [4.69, 9.17) is 10.5 Å². The summed E-state index contributed by atoms with van der Waals surface area (Å²) in [4.78, 5) is 0. The minimum Gasteiger partial charge on any atom is -0.497 e. The van der Waals surface area contributed by atoms with E-state index in [-0.39, 0.29) is 11.4 Å². The SMILES string of the molecule is COc1ccc(Nc2c(N)ccc(F)c2F)c(C)c1. The summed E-state index contributed by atoms with van der Waals surface area (Å²) in [6.45, 7) is 1.83. The second-order valence-electron chi connectivity index (χ2n) is 4.13. The maximum atomic E-state index is 13.7. The summed E-state index contributed by atoms with van der Waals surface area (Å²) in [5.41, 5.74) is 7.21. The molecule has 0 aromatic heterocycles. The number of hydrogen-bond donors (Lipinski definition) is 2. The molecule has 0 amide bonds. The maximum absolute atomic E-state index is 13.7. The van der Waals surface area contributed by atoms with Gasteiger partial charge >= 0.3 is 0 Å². The van der Waals surface area contributed by atoms with E-state index in [0.717, 1.165) is 11.6 Å². The summed E-state index contributed by atoms with van der Waals surface area (Å²) in [5.74, 6) is -1.24. The Morgan fingerprint density at radius 2 is 1.89 bits per heavy atom. The van der Waals surface area contributed by atoms with Gasteiger partial charge in [-0.1, -0.05) is 0 Å². The summed E-state index contributed by atoms with van der Waals surface area (Å²) in [6.07, 6.45) is 0. The zero-order valence-corrected chi connectivity index (χ0v) is 10.6. The van der Waals surface area contributed by atoms with Gasteiger partial charge in [-0.2, -0.15) is 0 Å². The molecule has 3 N–H and O–H groups in total. The van der Waals surface area contributed by atoms with E-state index in [1.54, 1.807) is 25.3 Å². The summed E-state index contributed by atoms with van der Waals surface area (Å²) < 4.78 is 32.0. The van der Waals surface area contributed by atoms with E-state index in [0.29, 0.717) is 11.4 Å². The zero-order chi connectivity index (χ0) is 14.0. The standard InChI is InChI=1S/C14H14F2N2O/c1-8-7-9(19-2)3-6-12(8)18-14-11(17)5-4-10(15)13(14)16/h3-7,18H,17H2,1-2H3. The first-order valence-electron chi connectivity index (χ1n) is 5.68.